The van der Waals surface area contributed by atoms with Crippen LogP contribution >= 0.6 is 11.6 Å². The molecule has 3 aromatic rings. The highest BCUT2D eigenvalue weighted by atomic mass is 35.5. The van der Waals surface area contributed by atoms with Gasteiger partial charge in [0.15, 0.2) is 5.82 Å². The third-order valence-electron chi connectivity index (χ3n) is 6.27. The fourth-order valence-corrected chi connectivity index (χ4v) is 4.52. The van der Waals surface area contributed by atoms with Crippen LogP contribution < -0.4 is 10.1 Å². The minimum Gasteiger partial charge on any atom is -0.493 e. The molecule has 2 heterocycles. The molecule has 0 radical (unpaired) electrons. The van der Waals surface area contributed by atoms with Crippen LogP contribution in [0.2, 0.25) is 5.02 Å². The van der Waals surface area contributed by atoms with Crippen molar-refractivity contribution in [2.45, 2.75) is 66.7 Å². The van der Waals surface area contributed by atoms with Gasteiger partial charge in [0.25, 0.3) is 5.91 Å². The zero-order valence-electron chi connectivity index (χ0n) is 23.5. The summed E-state index contributed by atoms with van der Waals surface area (Å²) in [5.74, 6) is 1.40. The van der Waals surface area contributed by atoms with Crippen LogP contribution in [0.4, 0.5) is 10.6 Å². The topological polar surface area (TPSA) is 85.7 Å². The average Bonchev–Trinajstić information content (AvgIpc) is 3.19. The number of hydrogen-bond donors (Lipinski definition) is 1. The number of aromatic nitrogens is 2. The summed E-state index contributed by atoms with van der Waals surface area (Å²) >= 11 is 6.26. The van der Waals surface area contributed by atoms with Gasteiger partial charge in [0.05, 0.1) is 13.2 Å². The summed E-state index contributed by atoms with van der Waals surface area (Å²) in [6.07, 6.45) is 0.335. The molecular formula is C30H37ClN4O4. The molecule has 2 aromatic carbocycles. The molecule has 2 amide bonds. The Morgan fingerprint density at radius 1 is 1.10 bits per heavy atom. The van der Waals surface area contributed by atoms with Gasteiger partial charge < -0.3 is 19.7 Å². The number of nitrogens with zero attached hydrogens (tertiary/aromatic N) is 3. The standard InChI is InChI=1S/C30H37ClN4O4/c1-19(2)18-38-26-10-9-25(31)15-24(26)17-35-20(3)13-27(33-35)32-28(36)22-7-8-23-16-34(12-11-21(23)14-22)29(37)39-30(4,5)6/h7-10,13-15,19H,11-12,16-18H2,1-6H3,(H,32,33,36). The molecule has 0 fully saturated rings. The smallest absolute Gasteiger partial charge is 0.410 e. The Bertz CT molecular complexity index is 1360. The van der Waals surface area contributed by atoms with E-state index in [1.807, 2.05) is 68.8 Å². The molecule has 1 N–H and O–H groups in total. The highest BCUT2D eigenvalue weighted by molar-refractivity contribution is 6.30. The Balaban J connectivity index is 1.43. The summed E-state index contributed by atoms with van der Waals surface area (Å²) in [6, 6.07) is 13.0. The zero-order valence-corrected chi connectivity index (χ0v) is 24.3. The molecule has 0 atom stereocenters. The minimum atomic E-state index is -0.539. The van der Waals surface area contributed by atoms with Gasteiger partial charge >= 0.3 is 6.09 Å². The van der Waals surface area contributed by atoms with Crippen molar-refractivity contribution in [3.8, 4) is 5.75 Å². The van der Waals surface area contributed by atoms with E-state index in [1.165, 1.54) is 0 Å². The quantitative estimate of drug-likeness (QED) is 0.363. The molecule has 0 spiro atoms. The second kappa shape index (κ2) is 11.7. The Kier molecular flexibility index (Phi) is 8.54. The number of fused-ring (bicyclic) bond motifs is 1. The van der Waals surface area contributed by atoms with Crippen molar-refractivity contribution in [3.05, 3.63) is 75.4 Å². The molecule has 4 rings (SSSR count). The van der Waals surface area contributed by atoms with Crippen molar-refractivity contribution in [1.29, 1.82) is 0 Å². The number of hydrogen-bond acceptors (Lipinski definition) is 5. The summed E-state index contributed by atoms with van der Waals surface area (Å²) in [7, 11) is 0. The normalized spacial score (nSPS) is 13.3. The number of benzene rings is 2. The van der Waals surface area contributed by atoms with Gasteiger partial charge in [-0.05, 0) is 81.5 Å². The van der Waals surface area contributed by atoms with Crippen LogP contribution in [0.3, 0.4) is 0 Å². The number of anilines is 1. The molecule has 39 heavy (non-hydrogen) atoms. The number of ether oxygens (including phenoxy) is 2. The maximum Gasteiger partial charge on any atom is 0.410 e. The second-order valence-corrected chi connectivity index (χ2v) is 11.8. The first-order chi connectivity index (χ1) is 18.4. The second-order valence-electron chi connectivity index (χ2n) is 11.4. The molecule has 0 bridgehead atoms. The Morgan fingerprint density at radius 3 is 2.59 bits per heavy atom. The van der Waals surface area contributed by atoms with Crippen LogP contribution in [0, 0.1) is 12.8 Å². The van der Waals surface area contributed by atoms with Crippen molar-refractivity contribution in [2.75, 3.05) is 18.5 Å². The number of nitrogens with one attached hydrogen (secondary N) is 1. The number of halogens is 1. The van der Waals surface area contributed by atoms with E-state index in [-0.39, 0.29) is 12.0 Å². The van der Waals surface area contributed by atoms with Crippen LogP contribution in [0.15, 0.2) is 42.5 Å². The summed E-state index contributed by atoms with van der Waals surface area (Å²) in [5.41, 5.74) is 3.89. The Labute approximate surface area is 235 Å². The molecule has 0 aliphatic carbocycles. The fourth-order valence-electron chi connectivity index (χ4n) is 4.33. The number of carbonyl (C=O) groups excluding carboxylic acids is 2. The van der Waals surface area contributed by atoms with Crippen molar-refractivity contribution in [3.63, 3.8) is 0 Å². The van der Waals surface area contributed by atoms with Crippen molar-refractivity contribution < 1.29 is 19.1 Å². The van der Waals surface area contributed by atoms with Gasteiger partial charge in [0.2, 0.25) is 0 Å². The fraction of sp³-hybridized carbons (Fsp3) is 0.433. The molecule has 208 valence electrons. The molecule has 0 unspecified atom stereocenters. The molecule has 8 nitrogen and oxygen atoms in total. The van der Waals surface area contributed by atoms with E-state index < -0.39 is 5.60 Å². The number of amides is 2. The Hall–Kier alpha value is -3.52. The van der Waals surface area contributed by atoms with Crippen LogP contribution in [0.5, 0.6) is 5.75 Å². The molecule has 1 aliphatic heterocycles. The first kappa shape index (κ1) is 28.5. The van der Waals surface area contributed by atoms with Crippen LogP contribution in [-0.4, -0.2) is 45.4 Å². The highest BCUT2D eigenvalue weighted by Gasteiger charge is 2.26. The summed E-state index contributed by atoms with van der Waals surface area (Å²) in [4.78, 5) is 27.2. The van der Waals surface area contributed by atoms with Crippen molar-refractivity contribution in [1.82, 2.24) is 14.7 Å². The SMILES string of the molecule is Cc1cc(NC(=O)c2ccc3c(c2)CCN(C(=O)OC(C)(C)C)C3)nn1Cc1cc(Cl)ccc1OCC(C)C. The lowest BCUT2D eigenvalue weighted by molar-refractivity contribution is 0.0223. The van der Waals surface area contributed by atoms with E-state index in [0.29, 0.717) is 55.0 Å². The lowest BCUT2D eigenvalue weighted by Crippen LogP contribution is -2.39. The van der Waals surface area contributed by atoms with E-state index in [2.05, 4.69) is 24.3 Å². The molecule has 0 saturated carbocycles. The van der Waals surface area contributed by atoms with Gasteiger partial charge in [-0.1, -0.05) is 31.5 Å². The van der Waals surface area contributed by atoms with E-state index in [9.17, 15) is 9.59 Å². The van der Waals surface area contributed by atoms with Gasteiger partial charge in [-0.3, -0.25) is 9.48 Å². The van der Waals surface area contributed by atoms with Gasteiger partial charge in [-0.25, -0.2) is 4.79 Å². The maximum absolute atomic E-state index is 13.1. The number of aryl methyl sites for hydroxylation is 1. The van der Waals surface area contributed by atoms with Gasteiger partial charge in [0.1, 0.15) is 11.4 Å². The van der Waals surface area contributed by atoms with Crippen LogP contribution in [0.25, 0.3) is 0 Å². The lowest BCUT2D eigenvalue weighted by atomic mass is 9.97. The minimum absolute atomic E-state index is 0.235. The predicted octanol–water partition coefficient (Wildman–Crippen LogP) is 6.47. The largest absolute Gasteiger partial charge is 0.493 e. The van der Waals surface area contributed by atoms with Crippen LogP contribution in [-0.2, 0) is 24.2 Å². The lowest BCUT2D eigenvalue weighted by Gasteiger charge is -2.31. The number of carbonyl (C=O) groups is 2. The third-order valence-corrected chi connectivity index (χ3v) is 6.51. The number of rotatable bonds is 7. The van der Waals surface area contributed by atoms with E-state index in [1.54, 1.807) is 11.0 Å². The van der Waals surface area contributed by atoms with Crippen LogP contribution in [0.1, 0.15) is 67.4 Å². The summed E-state index contributed by atoms with van der Waals surface area (Å²) in [5, 5.41) is 8.16. The first-order valence-corrected chi connectivity index (χ1v) is 13.6. The average molecular weight is 553 g/mol. The molecule has 1 aliphatic rings. The molecule has 9 heteroatoms. The van der Waals surface area contributed by atoms with E-state index in [4.69, 9.17) is 21.1 Å². The van der Waals surface area contributed by atoms with Gasteiger partial charge in [-0.15, -0.1) is 0 Å². The highest BCUT2D eigenvalue weighted by Crippen LogP contribution is 2.26. The van der Waals surface area contributed by atoms with Gasteiger partial charge in [0, 0.05) is 41.0 Å². The molecule has 0 saturated heterocycles. The molecular weight excluding hydrogens is 516 g/mol. The Morgan fingerprint density at radius 2 is 1.87 bits per heavy atom. The molecule has 1 aromatic heterocycles. The monoisotopic (exact) mass is 552 g/mol. The van der Waals surface area contributed by atoms with Crippen molar-refractivity contribution in [2.24, 2.45) is 5.92 Å². The van der Waals surface area contributed by atoms with Crippen molar-refractivity contribution >= 4 is 29.4 Å². The predicted molar refractivity (Wildman–Crippen MR) is 153 cm³/mol. The van der Waals surface area contributed by atoms with E-state index in [0.717, 1.165) is 28.1 Å². The van der Waals surface area contributed by atoms with E-state index >= 15 is 0 Å². The first-order valence-electron chi connectivity index (χ1n) is 13.2. The maximum atomic E-state index is 13.1. The summed E-state index contributed by atoms with van der Waals surface area (Å²) < 4.78 is 13.3. The zero-order chi connectivity index (χ0) is 28.3. The van der Waals surface area contributed by atoms with Gasteiger partial charge in [-0.2, -0.15) is 5.10 Å². The third kappa shape index (κ3) is 7.53. The summed E-state index contributed by atoms with van der Waals surface area (Å²) in [6.45, 7) is 13.8.